The fraction of sp³-hybridized carbons (Fsp3) is 0.357. The summed E-state index contributed by atoms with van der Waals surface area (Å²) >= 11 is 1.72. The average molecular weight is 286 g/mol. The molecule has 1 aliphatic heterocycles. The highest BCUT2D eigenvalue weighted by Gasteiger charge is 2.36. The van der Waals surface area contributed by atoms with Crippen molar-refractivity contribution in [3.8, 4) is 0 Å². The highest BCUT2D eigenvalue weighted by molar-refractivity contribution is 7.10. The van der Waals surface area contributed by atoms with Crippen molar-refractivity contribution in [3.63, 3.8) is 0 Å². The van der Waals surface area contributed by atoms with E-state index in [9.17, 15) is 4.79 Å². The molecular formula is C14H14N4OS. The molecule has 0 amide bonds. The molecule has 5 nitrogen and oxygen atoms in total. The van der Waals surface area contributed by atoms with Crippen molar-refractivity contribution in [2.45, 2.75) is 31.7 Å². The van der Waals surface area contributed by atoms with Gasteiger partial charge < -0.3 is 5.32 Å². The first-order valence-electron chi connectivity index (χ1n) is 6.70. The summed E-state index contributed by atoms with van der Waals surface area (Å²) in [5, 5.41) is 9.54. The molecule has 20 heavy (non-hydrogen) atoms. The predicted octanol–water partition coefficient (Wildman–Crippen LogP) is 2.73. The van der Waals surface area contributed by atoms with Crippen LogP contribution in [0.1, 0.15) is 36.6 Å². The zero-order valence-electron chi connectivity index (χ0n) is 11.0. The van der Waals surface area contributed by atoms with Crippen LogP contribution in [-0.2, 0) is 4.79 Å². The van der Waals surface area contributed by atoms with E-state index < -0.39 is 0 Å². The Balaban J connectivity index is 1.73. The number of Topliss-reactive ketones (excluding diaryl/α,β-unsaturated/α-hetero) is 1. The van der Waals surface area contributed by atoms with Crippen molar-refractivity contribution in [1.29, 1.82) is 0 Å². The lowest BCUT2D eigenvalue weighted by molar-refractivity contribution is -0.116. The third-order valence-corrected chi connectivity index (χ3v) is 5.11. The molecule has 2 aromatic heterocycles. The first-order chi connectivity index (χ1) is 9.74. The van der Waals surface area contributed by atoms with Crippen molar-refractivity contribution < 1.29 is 4.79 Å². The van der Waals surface area contributed by atoms with E-state index in [1.807, 2.05) is 13.0 Å². The second-order valence-corrected chi connectivity index (χ2v) is 6.24. The van der Waals surface area contributed by atoms with Crippen LogP contribution in [0.15, 0.2) is 35.1 Å². The predicted molar refractivity (Wildman–Crippen MR) is 76.7 cm³/mol. The molecule has 1 aliphatic carbocycles. The number of hydrogen-bond acceptors (Lipinski definition) is 5. The van der Waals surface area contributed by atoms with E-state index in [0.717, 1.165) is 23.6 Å². The van der Waals surface area contributed by atoms with Crippen LogP contribution in [0.5, 0.6) is 0 Å². The van der Waals surface area contributed by atoms with Gasteiger partial charge >= 0.3 is 0 Å². The lowest BCUT2D eigenvalue weighted by Gasteiger charge is -2.33. The summed E-state index contributed by atoms with van der Waals surface area (Å²) in [6.07, 6.45) is 2.99. The topological polar surface area (TPSA) is 59.8 Å². The molecule has 0 unspecified atom stereocenters. The van der Waals surface area contributed by atoms with Crippen molar-refractivity contribution in [2.24, 2.45) is 0 Å². The minimum absolute atomic E-state index is 0.0273. The largest absolute Gasteiger partial charge is 0.328 e. The van der Waals surface area contributed by atoms with Gasteiger partial charge in [-0.15, -0.1) is 11.3 Å². The fourth-order valence-electron chi connectivity index (χ4n) is 3.14. The molecule has 0 bridgehead atoms. The monoisotopic (exact) mass is 286 g/mol. The van der Waals surface area contributed by atoms with Crippen LogP contribution in [0, 0.1) is 0 Å². The van der Waals surface area contributed by atoms with Crippen LogP contribution in [0.4, 0.5) is 5.95 Å². The Morgan fingerprint density at radius 1 is 1.45 bits per heavy atom. The van der Waals surface area contributed by atoms with Gasteiger partial charge in [-0.3, -0.25) is 4.79 Å². The minimum Gasteiger partial charge on any atom is -0.328 e. The van der Waals surface area contributed by atoms with Crippen LogP contribution < -0.4 is 5.32 Å². The molecule has 2 atom stereocenters. The molecule has 0 fully saturated rings. The van der Waals surface area contributed by atoms with Crippen molar-refractivity contribution in [2.75, 3.05) is 5.32 Å². The van der Waals surface area contributed by atoms with Gasteiger partial charge in [0, 0.05) is 28.5 Å². The molecule has 0 aromatic carbocycles. The highest BCUT2D eigenvalue weighted by atomic mass is 32.1. The number of ketones is 1. The summed E-state index contributed by atoms with van der Waals surface area (Å²) < 4.78 is 1.78. The van der Waals surface area contributed by atoms with E-state index in [2.05, 4.69) is 26.8 Å². The maximum atomic E-state index is 12.5. The number of rotatable bonds is 1. The number of nitrogens with one attached hydrogen (secondary N) is 1. The first-order valence-corrected chi connectivity index (χ1v) is 7.58. The maximum absolute atomic E-state index is 12.5. The molecule has 102 valence electrons. The molecule has 0 radical (unpaired) electrons. The van der Waals surface area contributed by atoms with Crippen LogP contribution in [0.25, 0.3) is 0 Å². The van der Waals surface area contributed by atoms with E-state index in [1.165, 1.54) is 11.2 Å². The highest BCUT2D eigenvalue weighted by Crippen LogP contribution is 2.42. The summed E-state index contributed by atoms with van der Waals surface area (Å²) in [6.45, 7) is 2.01. The van der Waals surface area contributed by atoms with E-state index in [4.69, 9.17) is 0 Å². The van der Waals surface area contributed by atoms with Gasteiger partial charge in [0.2, 0.25) is 5.95 Å². The van der Waals surface area contributed by atoms with Crippen LogP contribution in [0.3, 0.4) is 0 Å². The molecule has 0 spiro atoms. The number of anilines is 1. The smallest absolute Gasteiger partial charge is 0.225 e. The van der Waals surface area contributed by atoms with Gasteiger partial charge in [-0.2, -0.15) is 10.1 Å². The number of thiophene rings is 1. The molecular weight excluding hydrogens is 272 g/mol. The fourth-order valence-corrected chi connectivity index (χ4v) is 3.97. The van der Waals surface area contributed by atoms with Gasteiger partial charge in [-0.25, -0.2) is 4.68 Å². The number of carbonyl (C=O) groups excluding carboxylic acids is 1. The van der Waals surface area contributed by atoms with Gasteiger partial charge in [0.1, 0.15) is 6.33 Å². The van der Waals surface area contributed by atoms with Gasteiger partial charge in [0.25, 0.3) is 0 Å². The Hall–Kier alpha value is -1.95. The minimum atomic E-state index is -0.0273. The number of hydrogen-bond donors (Lipinski definition) is 1. The normalized spacial score (nSPS) is 25.1. The van der Waals surface area contributed by atoms with Gasteiger partial charge in [-0.05, 0) is 24.8 Å². The number of fused-ring (bicyclic) bond motifs is 1. The lowest BCUT2D eigenvalue weighted by Crippen LogP contribution is -2.31. The summed E-state index contributed by atoms with van der Waals surface area (Å²) in [5.74, 6) is 1.25. The number of carbonyl (C=O) groups is 1. The number of nitrogens with zero attached hydrogens (tertiary/aromatic N) is 3. The summed E-state index contributed by atoms with van der Waals surface area (Å²) in [7, 11) is 0. The van der Waals surface area contributed by atoms with Crippen LogP contribution >= 0.6 is 11.3 Å². The summed E-state index contributed by atoms with van der Waals surface area (Å²) in [5.41, 5.74) is 1.89. The molecule has 0 saturated carbocycles. The lowest BCUT2D eigenvalue weighted by atomic mass is 9.82. The molecule has 0 saturated heterocycles. The second kappa shape index (κ2) is 4.28. The van der Waals surface area contributed by atoms with E-state index >= 15 is 0 Å². The van der Waals surface area contributed by atoms with E-state index in [-0.39, 0.29) is 17.7 Å². The van der Waals surface area contributed by atoms with Crippen LogP contribution in [-0.4, -0.2) is 20.5 Å². The van der Waals surface area contributed by atoms with Crippen LogP contribution in [0.2, 0.25) is 0 Å². The van der Waals surface area contributed by atoms with Gasteiger partial charge in [0.05, 0.1) is 6.04 Å². The average Bonchev–Trinajstić information content (AvgIpc) is 3.09. The zero-order valence-corrected chi connectivity index (χ0v) is 11.9. The quantitative estimate of drug-likeness (QED) is 0.875. The molecule has 3 heterocycles. The first kappa shape index (κ1) is 11.8. The molecule has 6 heteroatoms. The standard InChI is InChI=1S/C14H14N4OS/c1-8-13-10(17-14-15-7-16-18(8)14)5-9(6-11(13)19)12-3-2-4-20-12/h2-4,7-9H,5-6H2,1H3,(H,15,16,17)/t8-,9-/m0/s1. The Bertz CT molecular complexity index is 701. The Morgan fingerprint density at radius 3 is 3.15 bits per heavy atom. The second-order valence-electron chi connectivity index (χ2n) is 5.27. The third kappa shape index (κ3) is 1.64. The Labute approximate surface area is 120 Å². The van der Waals surface area contributed by atoms with Crippen molar-refractivity contribution in [3.05, 3.63) is 40.0 Å². The number of aromatic nitrogens is 3. The van der Waals surface area contributed by atoms with Crippen molar-refractivity contribution in [1.82, 2.24) is 14.8 Å². The van der Waals surface area contributed by atoms with Gasteiger partial charge in [-0.1, -0.05) is 6.07 Å². The molecule has 2 aromatic rings. The van der Waals surface area contributed by atoms with E-state index in [0.29, 0.717) is 6.42 Å². The van der Waals surface area contributed by atoms with Gasteiger partial charge in [0.15, 0.2) is 5.78 Å². The zero-order chi connectivity index (χ0) is 13.7. The SMILES string of the molecule is C[C@H]1C2=C(C[C@H](c3cccs3)CC2=O)Nc2ncnn21. The Kier molecular flexibility index (Phi) is 2.53. The summed E-state index contributed by atoms with van der Waals surface area (Å²) in [6, 6.07) is 4.13. The molecule has 4 rings (SSSR count). The Morgan fingerprint density at radius 2 is 2.35 bits per heavy atom. The maximum Gasteiger partial charge on any atom is 0.225 e. The van der Waals surface area contributed by atoms with E-state index in [1.54, 1.807) is 16.0 Å². The molecule has 1 N–H and O–H groups in total. The summed E-state index contributed by atoms with van der Waals surface area (Å²) in [4.78, 5) is 18.0. The number of allylic oxidation sites excluding steroid dienone is 2. The molecule has 2 aliphatic rings. The third-order valence-electron chi connectivity index (χ3n) is 4.07. The van der Waals surface area contributed by atoms with Crippen molar-refractivity contribution >= 4 is 23.1 Å².